The molecule has 0 bridgehead atoms. The number of aromatic nitrogens is 1. The van der Waals surface area contributed by atoms with Crippen molar-refractivity contribution in [2.24, 2.45) is 0 Å². The van der Waals surface area contributed by atoms with Crippen molar-refractivity contribution in [3.63, 3.8) is 0 Å². The van der Waals surface area contributed by atoms with E-state index in [9.17, 15) is 0 Å². The molecule has 0 amide bonds. The summed E-state index contributed by atoms with van der Waals surface area (Å²) in [6.07, 6.45) is 27.3. The molecule has 3 aliphatic carbocycles. The molecular formula is C49H40N2. The van der Waals surface area contributed by atoms with E-state index in [2.05, 4.69) is 176 Å². The van der Waals surface area contributed by atoms with E-state index in [0.717, 1.165) is 29.8 Å². The molecule has 1 aliphatic heterocycles. The van der Waals surface area contributed by atoms with E-state index in [1.165, 1.54) is 60.9 Å². The fourth-order valence-electron chi connectivity index (χ4n) is 9.41. The number of hydrogen-bond donors (Lipinski definition) is 0. The Bertz CT molecular complexity index is 2590. The third kappa shape index (κ3) is 4.42. The van der Waals surface area contributed by atoms with Crippen molar-refractivity contribution < 1.29 is 0 Å². The fourth-order valence-corrected chi connectivity index (χ4v) is 9.41. The van der Waals surface area contributed by atoms with Crippen LogP contribution in [0.3, 0.4) is 0 Å². The second-order valence-corrected chi connectivity index (χ2v) is 14.4. The highest BCUT2D eigenvalue weighted by Gasteiger charge is 2.38. The first-order chi connectivity index (χ1) is 25.1. The second-order valence-electron chi connectivity index (χ2n) is 14.4. The van der Waals surface area contributed by atoms with Gasteiger partial charge in [0.2, 0.25) is 0 Å². The van der Waals surface area contributed by atoms with Crippen LogP contribution < -0.4 is 4.90 Å². The highest BCUT2D eigenvalue weighted by Crippen LogP contribution is 2.51. The maximum absolute atomic E-state index is 4.25. The van der Waals surface area contributed by atoms with Crippen molar-refractivity contribution >= 4 is 57.4 Å². The zero-order valence-electron chi connectivity index (χ0n) is 29.2. The van der Waals surface area contributed by atoms with E-state index < -0.39 is 0 Å². The summed E-state index contributed by atoms with van der Waals surface area (Å²) in [5.74, 6) is 0.762. The third-order valence-electron chi connectivity index (χ3n) is 11.6. The summed E-state index contributed by atoms with van der Waals surface area (Å²) in [4.78, 5) is 2.58. The van der Waals surface area contributed by atoms with Crippen molar-refractivity contribution in [3.05, 3.63) is 173 Å². The molecule has 0 saturated heterocycles. The van der Waals surface area contributed by atoms with Crippen LogP contribution in [0.1, 0.15) is 71.2 Å². The molecule has 0 saturated carbocycles. The molecule has 2 nitrogen and oxygen atoms in total. The normalized spacial score (nSPS) is 19.6. The molecule has 3 unspecified atom stereocenters. The summed E-state index contributed by atoms with van der Waals surface area (Å²) in [6.45, 7) is 8.67. The van der Waals surface area contributed by atoms with Gasteiger partial charge in [0.15, 0.2) is 0 Å². The summed E-state index contributed by atoms with van der Waals surface area (Å²) < 4.78 is 2.35. The predicted molar refractivity (Wildman–Crippen MR) is 219 cm³/mol. The maximum atomic E-state index is 4.25. The molecule has 1 aromatic heterocycles. The van der Waals surface area contributed by atoms with Gasteiger partial charge in [0, 0.05) is 39.8 Å². The van der Waals surface area contributed by atoms with Gasteiger partial charge < -0.3 is 9.47 Å². The molecule has 3 atom stereocenters. The van der Waals surface area contributed by atoms with Gasteiger partial charge in [-0.25, -0.2) is 0 Å². The van der Waals surface area contributed by atoms with Crippen molar-refractivity contribution in [2.45, 2.75) is 44.6 Å². The van der Waals surface area contributed by atoms with Gasteiger partial charge in [-0.05, 0) is 124 Å². The fraction of sp³-hybridized carbons (Fsp3) is 0.143. The Morgan fingerprint density at radius 2 is 1.61 bits per heavy atom. The highest BCUT2D eigenvalue weighted by atomic mass is 15.2. The average molecular weight is 657 g/mol. The molecule has 51 heavy (non-hydrogen) atoms. The second kappa shape index (κ2) is 11.6. The lowest BCUT2D eigenvalue weighted by atomic mass is 9.83. The molecule has 10 rings (SSSR count). The minimum atomic E-state index is 0.233. The molecule has 246 valence electrons. The molecule has 2 heteroatoms. The van der Waals surface area contributed by atoms with Crippen LogP contribution in [0.4, 0.5) is 11.4 Å². The van der Waals surface area contributed by atoms with Gasteiger partial charge >= 0.3 is 0 Å². The Kier molecular flexibility index (Phi) is 6.83. The minimum Gasteiger partial charge on any atom is -0.333 e. The summed E-state index contributed by atoms with van der Waals surface area (Å²) in [5, 5.41) is 3.96. The van der Waals surface area contributed by atoms with Gasteiger partial charge in [-0.1, -0.05) is 111 Å². The van der Waals surface area contributed by atoms with E-state index in [4.69, 9.17) is 0 Å². The molecule has 5 aromatic carbocycles. The van der Waals surface area contributed by atoms with E-state index >= 15 is 0 Å². The van der Waals surface area contributed by atoms with Crippen LogP contribution in [0.25, 0.3) is 62.8 Å². The summed E-state index contributed by atoms with van der Waals surface area (Å²) in [7, 11) is 0. The molecule has 6 aromatic rings. The van der Waals surface area contributed by atoms with Crippen LogP contribution >= 0.6 is 0 Å². The molecule has 0 N–H and O–H groups in total. The van der Waals surface area contributed by atoms with Gasteiger partial charge in [0.25, 0.3) is 0 Å². The van der Waals surface area contributed by atoms with E-state index in [1.54, 1.807) is 11.1 Å². The van der Waals surface area contributed by atoms with Crippen LogP contribution in [0.5, 0.6) is 0 Å². The SMILES string of the molecule is C=Cc1c(/C=C\C)n(-c2ccccc2)c2ccc(-c3ccc4c(c3)C3C=CC=CC3N4c3ccc4c5c(c6c(c4c3)C=CCC6)C(C)C=C5)cc12. The molecule has 0 radical (unpaired) electrons. The first-order valence-corrected chi connectivity index (χ1v) is 18.4. The Hall–Kier alpha value is -5.86. The lowest BCUT2D eigenvalue weighted by Crippen LogP contribution is -2.28. The lowest BCUT2D eigenvalue weighted by Gasteiger charge is -2.29. The number of anilines is 2. The van der Waals surface area contributed by atoms with Crippen molar-refractivity contribution in [2.75, 3.05) is 4.90 Å². The van der Waals surface area contributed by atoms with Crippen LogP contribution in [0, 0.1) is 0 Å². The predicted octanol–water partition coefficient (Wildman–Crippen LogP) is 12.9. The Morgan fingerprint density at radius 1 is 0.765 bits per heavy atom. The summed E-state index contributed by atoms with van der Waals surface area (Å²) in [5.41, 5.74) is 17.0. The largest absolute Gasteiger partial charge is 0.333 e. The number of allylic oxidation sites excluding steroid dienone is 5. The van der Waals surface area contributed by atoms with Crippen molar-refractivity contribution in [3.8, 4) is 16.8 Å². The maximum Gasteiger partial charge on any atom is 0.0629 e. The number of benzene rings is 5. The zero-order chi connectivity index (χ0) is 34.2. The quantitative estimate of drug-likeness (QED) is 0.179. The monoisotopic (exact) mass is 656 g/mol. The Morgan fingerprint density at radius 3 is 2.47 bits per heavy atom. The number of nitrogens with zero attached hydrogens (tertiary/aromatic N) is 2. The minimum absolute atomic E-state index is 0.233. The van der Waals surface area contributed by atoms with Crippen LogP contribution in [0.15, 0.2) is 134 Å². The van der Waals surface area contributed by atoms with Gasteiger partial charge in [-0.15, -0.1) is 0 Å². The van der Waals surface area contributed by atoms with Crippen LogP contribution in [-0.4, -0.2) is 10.6 Å². The van der Waals surface area contributed by atoms with Gasteiger partial charge in [0.05, 0.1) is 17.3 Å². The van der Waals surface area contributed by atoms with Crippen molar-refractivity contribution in [1.82, 2.24) is 4.57 Å². The summed E-state index contributed by atoms with van der Waals surface area (Å²) >= 11 is 0. The first kappa shape index (κ1) is 30.0. The van der Waals surface area contributed by atoms with Crippen molar-refractivity contribution in [1.29, 1.82) is 0 Å². The first-order valence-electron chi connectivity index (χ1n) is 18.4. The number of fused-ring (bicyclic) bond motifs is 10. The summed E-state index contributed by atoms with van der Waals surface area (Å²) in [6, 6.07) is 32.1. The van der Waals surface area contributed by atoms with E-state index in [0.29, 0.717) is 5.92 Å². The van der Waals surface area contributed by atoms with Gasteiger partial charge in [-0.3, -0.25) is 0 Å². The van der Waals surface area contributed by atoms with Crippen LogP contribution in [-0.2, 0) is 6.42 Å². The molecule has 4 aliphatic rings. The van der Waals surface area contributed by atoms with E-state index in [-0.39, 0.29) is 12.0 Å². The smallest absolute Gasteiger partial charge is 0.0629 e. The highest BCUT2D eigenvalue weighted by molar-refractivity contribution is 6.03. The Labute approximate surface area is 300 Å². The Balaban J connectivity index is 1.11. The number of para-hydroxylation sites is 1. The zero-order valence-corrected chi connectivity index (χ0v) is 29.2. The lowest BCUT2D eigenvalue weighted by molar-refractivity contribution is 0.745. The average Bonchev–Trinajstić information content (AvgIpc) is 3.83. The molecule has 0 spiro atoms. The van der Waals surface area contributed by atoms with Gasteiger partial charge in [0.1, 0.15) is 0 Å². The van der Waals surface area contributed by atoms with Crippen LogP contribution in [0.2, 0.25) is 0 Å². The number of rotatable bonds is 5. The number of hydrogen-bond acceptors (Lipinski definition) is 1. The third-order valence-corrected chi connectivity index (χ3v) is 11.6. The standard InChI is InChI=1S/C49H40N2/c1-4-13-45-36(5-2)43-28-32(21-26-47(43)50(45)34-14-7-6-8-15-34)33-22-27-48-44(29-33)39-17-11-12-19-46(39)51(48)35-23-25-38-41-24-20-31(3)49(41)40-18-10-9-16-37(40)42(38)30-35/h4-9,11-17,19-31,39,46H,2,10,18H2,1,3H3/b13-4-. The van der Waals surface area contributed by atoms with Gasteiger partial charge in [-0.2, -0.15) is 0 Å². The molecule has 0 fully saturated rings. The van der Waals surface area contributed by atoms with E-state index in [1.807, 2.05) is 6.08 Å². The molecular weight excluding hydrogens is 617 g/mol. The molecule has 2 heterocycles. The topological polar surface area (TPSA) is 8.17 Å².